The summed E-state index contributed by atoms with van der Waals surface area (Å²) in [5, 5.41) is 3.97. The van der Waals surface area contributed by atoms with Crippen molar-refractivity contribution in [2.75, 3.05) is 25.6 Å². The van der Waals surface area contributed by atoms with Crippen LogP contribution < -0.4 is 5.32 Å². The number of nitrogens with zero attached hydrogens (tertiary/aromatic N) is 1. The van der Waals surface area contributed by atoms with Crippen LogP contribution in [0.4, 0.5) is 5.69 Å². The van der Waals surface area contributed by atoms with E-state index in [1.165, 1.54) is 44.8 Å². The summed E-state index contributed by atoms with van der Waals surface area (Å²) >= 11 is 0. The van der Waals surface area contributed by atoms with Crippen molar-refractivity contribution in [3.05, 3.63) is 90.1 Å². The second-order valence-corrected chi connectivity index (χ2v) is 9.88. The van der Waals surface area contributed by atoms with E-state index in [1.807, 2.05) is 42.5 Å². The zero-order valence-corrected chi connectivity index (χ0v) is 21.8. The third kappa shape index (κ3) is 5.97. The number of hydrogen-bond acceptors (Lipinski definition) is 4. The molecule has 0 saturated heterocycles. The number of rotatable bonds is 9. The van der Waals surface area contributed by atoms with E-state index in [1.54, 1.807) is 6.07 Å². The first-order chi connectivity index (χ1) is 18.6. The molecule has 1 amide bonds. The van der Waals surface area contributed by atoms with Crippen LogP contribution in [-0.2, 0) is 20.8 Å². The fourth-order valence-electron chi connectivity index (χ4n) is 5.37. The molecule has 38 heavy (non-hydrogen) atoms. The highest BCUT2D eigenvalue weighted by atomic mass is 16.5. The Bertz CT molecular complexity index is 1390. The van der Waals surface area contributed by atoms with Gasteiger partial charge in [-0.15, -0.1) is 0 Å². The number of benzene rings is 3. The highest BCUT2D eigenvalue weighted by Gasteiger charge is 2.16. The van der Waals surface area contributed by atoms with Crippen LogP contribution in [0, 0.1) is 0 Å². The van der Waals surface area contributed by atoms with E-state index in [0.29, 0.717) is 24.6 Å². The van der Waals surface area contributed by atoms with Crippen LogP contribution >= 0.6 is 0 Å². The lowest BCUT2D eigenvalue weighted by Gasteiger charge is -2.22. The third-order valence-electron chi connectivity index (χ3n) is 7.37. The molecule has 5 rings (SSSR count). The topological polar surface area (TPSA) is 69.6 Å². The first-order valence-corrected chi connectivity index (χ1v) is 13.4. The molecule has 0 unspecified atom stereocenters. The van der Waals surface area contributed by atoms with E-state index in [4.69, 9.17) is 9.47 Å². The van der Waals surface area contributed by atoms with Crippen LogP contribution in [0.5, 0.6) is 0 Å². The van der Waals surface area contributed by atoms with Gasteiger partial charge in [0.2, 0.25) is 5.91 Å². The largest absolute Gasteiger partial charge is 0.465 e. The lowest BCUT2D eigenvalue weighted by molar-refractivity contribution is -0.120. The Kier molecular flexibility index (Phi) is 8.19. The number of anilines is 1. The molecule has 6 heteroatoms. The highest BCUT2D eigenvalue weighted by molar-refractivity contribution is 6.00. The fraction of sp³-hybridized carbons (Fsp3) is 0.312. The van der Waals surface area contributed by atoms with Gasteiger partial charge in [-0.2, -0.15) is 0 Å². The monoisotopic (exact) mass is 510 g/mol. The van der Waals surface area contributed by atoms with Gasteiger partial charge in [0.15, 0.2) is 0 Å². The van der Waals surface area contributed by atoms with Crippen LogP contribution in [0.1, 0.15) is 53.9 Å². The Hall–Kier alpha value is -3.90. The van der Waals surface area contributed by atoms with Crippen molar-refractivity contribution in [1.82, 2.24) is 4.57 Å². The number of carbonyl (C=O) groups is 2. The summed E-state index contributed by atoms with van der Waals surface area (Å²) in [7, 11) is 1.38. The van der Waals surface area contributed by atoms with Gasteiger partial charge in [0.25, 0.3) is 0 Å². The molecule has 1 aromatic heterocycles. The summed E-state index contributed by atoms with van der Waals surface area (Å²) in [6.45, 7) is 0.869. The second-order valence-electron chi connectivity index (χ2n) is 9.88. The van der Waals surface area contributed by atoms with E-state index >= 15 is 0 Å². The molecular formula is C32H34N2O4. The van der Waals surface area contributed by atoms with Gasteiger partial charge in [-0.05, 0) is 54.2 Å². The average molecular weight is 511 g/mol. The van der Waals surface area contributed by atoms with Crippen molar-refractivity contribution >= 4 is 28.5 Å². The molecule has 6 nitrogen and oxygen atoms in total. The molecule has 0 spiro atoms. The molecule has 1 heterocycles. The van der Waals surface area contributed by atoms with Crippen molar-refractivity contribution in [2.45, 2.75) is 44.6 Å². The molecule has 1 fully saturated rings. The summed E-state index contributed by atoms with van der Waals surface area (Å²) in [4.78, 5) is 24.6. The maximum Gasteiger partial charge on any atom is 0.337 e. The molecule has 0 atom stereocenters. The van der Waals surface area contributed by atoms with Crippen molar-refractivity contribution in [2.24, 2.45) is 0 Å². The minimum atomic E-state index is -0.374. The van der Waals surface area contributed by atoms with Gasteiger partial charge in [0.1, 0.15) is 6.61 Å². The number of methoxy groups -OCH3 is 1. The van der Waals surface area contributed by atoms with Gasteiger partial charge >= 0.3 is 5.97 Å². The Morgan fingerprint density at radius 2 is 1.71 bits per heavy atom. The van der Waals surface area contributed by atoms with Crippen LogP contribution in [-0.4, -0.2) is 36.8 Å². The molecule has 1 aliphatic rings. The lowest BCUT2D eigenvalue weighted by Crippen LogP contribution is -2.19. The van der Waals surface area contributed by atoms with Gasteiger partial charge in [-0.25, -0.2) is 4.79 Å². The van der Waals surface area contributed by atoms with Crippen LogP contribution in [0.2, 0.25) is 0 Å². The van der Waals surface area contributed by atoms with Gasteiger partial charge in [-0.1, -0.05) is 67.8 Å². The summed E-state index contributed by atoms with van der Waals surface area (Å²) in [5.74, 6) is 0.0963. The number of carbonyl (C=O) groups excluding carboxylic acids is 2. The Morgan fingerprint density at radius 3 is 2.45 bits per heavy atom. The summed E-state index contributed by atoms with van der Waals surface area (Å²) in [6, 6.07) is 24.0. The van der Waals surface area contributed by atoms with E-state index < -0.39 is 0 Å². The fourth-order valence-corrected chi connectivity index (χ4v) is 5.37. The zero-order valence-electron chi connectivity index (χ0n) is 21.8. The number of ether oxygens (including phenoxy) is 2. The average Bonchev–Trinajstić information content (AvgIpc) is 3.34. The van der Waals surface area contributed by atoms with Crippen LogP contribution in [0.25, 0.3) is 22.0 Å². The first-order valence-electron chi connectivity index (χ1n) is 13.4. The van der Waals surface area contributed by atoms with E-state index in [2.05, 4.69) is 40.3 Å². The van der Waals surface area contributed by atoms with E-state index in [9.17, 15) is 9.59 Å². The Balaban J connectivity index is 1.20. The van der Waals surface area contributed by atoms with Gasteiger partial charge in [-0.3, -0.25) is 4.79 Å². The molecule has 1 saturated carbocycles. The number of hydrogen-bond donors (Lipinski definition) is 1. The quantitative estimate of drug-likeness (QED) is 0.199. The standard InChI is InChI=1S/C32H34N2O4/c1-37-32(36)26-14-17-28-29(25-10-6-3-7-11-25)21-34(30(28)20-26)18-19-38-22-31(35)33-27-15-12-24(13-16-27)23-8-4-2-5-9-23/h3,6-7,10-17,20-21,23H,2,4-5,8-9,18-19,22H2,1H3,(H,33,35). The van der Waals surface area contributed by atoms with Gasteiger partial charge < -0.3 is 19.4 Å². The van der Waals surface area contributed by atoms with Gasteiger partial charge in [0, 0.05) is 34.9 Å². The number of nitrogens with one attached hydrogen (secondary N) is 1. The molecule has 3 aromatic carbocycles. The molecule has 1 aliphatic carbocycles. The first kappa shape index (κ1) is 25.7. The third-order valence-corrected chi connectivity index (χ3v) is 7.37. The maximum absolute atomic E-state index is 12.5. The maximum atomic E-state index is 12.5. The molecule has 1 N–H and O–H groups in total. The number of amides is 1. The van der Waals surface area contributed by atoms with Crippen LogP contribution in [0.3, 0.4) is 0 Å². The van der Waals surface area contributed by atoms with E-state index in [-0.39, 0.29) is 18.5 Å². The smallest absolute Gasteiger partial charge is 0.337 e. The van der Waals surface area contributed by atoms with Crippen molar-refractivity contribution < 1.29 is 19.1 Å². The molecule has 0 radical (unpaired) electrons. The minimum absolute atomic E-state index is 0.0253. The van der Waals surface area contributed by atoms with Crippen molar-refractivity contribution in [1.29, 1.82) is 0 Å². The summed E-state index contributed by atoms with van der Waals surface area (Å²) in [5.41, 5.74) is 5.73. The second kappa shape index (κ2) is 12.1. The van der Waals surface area contributed by atoms with E-state index in [0.717, 1.165) is 27.7 Å². The SMILES string of the molecule is COC(=O)c1ccc2c(-c3ccccc3)cn(CCOCC(=O)Nc3ccc(C4CCCCC4)cc3)c2c1. The normalized spacial score (nSPS) is 13.9. The van der Waals surface area contributed by atoms with Crippen molar-refractivity contribution in [3.8, 4) is 11.1 Å². The minimum Gasteiger partial charge on any atom is -0.465 e. The molecule has 0 aliphatic heterocycles. The summed E-state index contributed by atoms with van der Waals surface area (Å²) < 4.78 is 12.7. The Morgan fingerprint density at radius 1 is 0.947 bits per heavy atom. The summed E-state index contributed by atoms with van der Waals surface area (Å²) in [6.07, 6.45) is 8.53. The lowest BCUT2D eigenvalue weighted by atomic mass is 9.84. The van der Waals surface area contributed by atoms with Crippen LogP contribution in [0.15, 0.2) is 79.0 Å². The Labute approximate surface area is 223 Å². The van der Waals surface area contributed by atoms with Gasteiger partial charge in [0.05, 0.1) is 19.3 Å². The molecule has 4 aromatic rings. The number of aromatic nitrogens is 1. The van der Waals surface area contributed by atoms with Crippen molar-refractivity contribution in [3.63, 3.8) is 0 Å². The predicted molar refractivity (Wildman–Crippen MR) is 150 cm³/mol. The molecule has 0 bridgehead atoms. The number of esters is 1. The molecule has 196 valence electrons. The predicted octanol–water partition coefficient (Wildman–Crippen LogP) is 6.80. The molecular weight excluding hydrogens is 476 g/mol. The highest BCUT2D eigenvalue weighted by Crippen LogP contribution is 2.33. The zero-order chi connectivity index (χ0) is 26.3. The number of fused-ring (bicyclic) bond motifs is 1.